The first kappa shape index (κ1) is 10.9. The highest BCUT2D eigenvalue weighted by molar-refractivity contribution is 7.15. The van der Waals surface area contributed by atoms with E-state index in [2.05, 4.69) is 22.4 Å². The van der Waals surface area contributed by atoms with Crippen molar-refractivity contribution in [2.45, 2.75) is 19.9 Å². The van der Waals surface area contributed by atoms with Gasteiger partial charge in [0.2, 0.25) is 5.13 Å². The summed E-state index contributed by atoms with van der Waals surface area (Å²) in [4.78, 5) is 1.20. The molecule has 0 spiro atoms. The van der Waals surface area contributed by atoms with Gasteiger partial charge in [-0.3, -0.25) is 0 Å². The van der Waals surface area contributed by atoms with Gasteiger partial charge in [-0.15, -0.1) is 21.5 Å². The van der Waals surface area contributed by atoms with Crippen molar-refractivity contribution in [3.8, 4) is 0 Å². The Morgan fingerprint density at radius 2 is 2.33 bits per heavy atom. The van der Waals surface area contributed by atoms with E-state index < -0.39 is 0 Å². The molecule has 15 heavy (non-hydrogen) atoms. The Morgan fingerprint density at radius 3 is 2.93 bits per heavy atom. The van der Waals surface area contributed by atoms with Crippen LogP contribution in [-0.4, -0.2) is 10.2 Å². The van der Waals surface area contributed by atoms with Crippen molar-refractivity contribution >= 4 is 39.4 Å². The molecule has 0 atom stereocenters. The SMILES string of the molecule is CCc1nnc(NCc2cc(Cl)cs2)s1. The molecule has 0 unspecified atom stereocenters. The second-order valence-corrected chi connectivity index (χ2v) is 5.43. The molecule has 0 bridgehead atoms. The molecule has 0 radical (unpaired) electrons. The molecule has 2 rings (SSSR count). The molecule has 0 amide bonds. The molecule has 1 N–H and O–H groups in total. The third-order valence-corrected chi connectivity index (χ3v) is 4.11. The van der Waals surface area contributed by atoms with E-state index in [-0.39, 0.29) is 0 Å². The monoisotopic (exact) mass is 259 g/mol. The second kappa shape index (κ2) is 4.92. The first-order valence-corrected chi connectivity index (χ1v) is 6.64. The van der Waals surface area contributed by atoms with Crippen molar-refractivity contribution in [2.24, 2.45) is 0 Å². The first-order valence-electron chi connectivity index (χ1n) is 4.57. The molecule has 2 heterocycles. The lowest BCUT2D eigenvalue weighted by Crippen LogP contribution is -1.96. The van der Waals surface area contributed by atoms with Crippen LogP contribution in [-0.2, 0) is 13.0 Å². The number of hydrogen-bond acceptors (Lipinski definition) is 5. The fraction of sp³-hybridized carbons (Fsp3) is 0.333. The Kier molecular flexibility index (Phi) is 3.56. The fourth-order valence-electron chi connectivity index (χ4n) is 1.08. The number of nitrogens with one attached hydrogen (secondary N) is 1. The Labute approximate surface area is 101 Å². The fourth-order valence-corrected chi connectivity index (χ4v) is 2.76. The predicted molar refractivity (Wildman–Crippen MR) is 65.9 cm³/mol. The standard InChI is InChI=1S/C9H10ClN3S2/c1-2-8-12-13-9(15-8)11-4-7-3-6(10)5-14-7/h3,5H,2,4H2,1H3,(H,11,13). The van der Waals surface area contributed by atoms with E-state index in [0.717, 1.165) is 28.1 Å². The largest absolute Gasteiger partial charge is 0.355 e. The smallest absolute Gasteiger partial charge is 0.205 e. The summed E-state index contributed by atoms with van der Waals surface area (Å²) < 4.78 is 0. The van der Waals surface area contributed by atoms with Crippen LogP contribution in [0.3, 0.4) is 0 Å². The van der Waals surface area contributed by atoms with Gasteiger partial charge in [0.15, 0.2) is 0 Å². The molecule has 80 valence electrons. The third-order valence-electron chi connectivity index (χ3n) is 1.80. The summed E-state index contributed by atoms with van der Waals surface area (Å²) in [7, 11) is 0. The van der Waals surface area contributed by atoms with Crippen LogP contribution in [0.5, 0.6) is 0 Å². The van der Waals surface area contributed by atoms with Crippen LogP contribution in [0, 0.1) is 0 Å². The van der Waals surface area contributed by atoms with Crippen molar-refractivity contribution in [2.75, 3.05) is 5.32 Å². The van der Waals surface area contributed by atoms with Crippen molar-refractivity contribution < 1.29 is 0 Å². The Hall–Kier alpha value is -0.650. The first-order chi connectivity index (χ1) is 7.28. The van der Waals surface area contributed by atoms with Crippen LogP contribution in [0.25, 0.3) is 0 Å². The van der Waals surface area contributed by atoms with Gasteiger partial charge < -0.3 is 5.32 Å². The van der Waals surface area contributed by atoms with Crippen LogP contribution < -0.4 is 5.32 Å². The van der Waals surface area contributed by atoms with E-state index in [1.807, 2.05) is 11.4 Å². The second-order valence-electron chi connectivity index (χ2n) is 2.94. The molecule has 2 aromatic rings. The van der Waals surface area contributed by atoms with Crippen LogP contribution in [0.4, 0.5) is 5.13 Å². The molecule has 0 aliphatic rings. The minimum atomic E-state index is 0.760. The Balaban J connectivity index is 1.93. The van der Waals surface area contributed by atoms with E-state index in [1.54, 1.807) is 22.7 Å². The zero-order chi connectivity index (χ0) is 10.7. The summed E-state index contributed by atoms with van der Waals surface area (Å²) in [6.45, 7) is 2.83. The van der Waals surface area contributed by atoms with Gasteiger partial charge in [0.1, 0.15) is 5.01 Å². The molecule has 6 heteroatoms. The van der Waals surface area contributed by atoms with Gasteiger partial charge >= 0.3 is 0 Å². The maximum absolute atomic E-state index is 5.83. The van der Waals surface area contributed by atoms with Crippen molar-refractivity contribution in [3.05, 3.63) is 26.4 Å². The summed E-state index contributed by atoms with van der Waals surface area (Å²) in [5.41, 5.74) is 0. The van der Waals surface area contributed by atoms with Gasteiger partial charge in [0.05, 0.1) is 11.6 Å². The van der Waals surface area contributed by atoms with E-state index in [0.29, 0.717) is 0 Å². The number of anilines is 1. The quantitative estimate of drug-likeness (QED) is 0.914. The van der Waals surface area contributed by atoms with Crippen LogP contribution in [0.1, 0.15) is 16.8 Å². The van der Waals surface area contributed by atoms with E-state index in [4.69, 9.17) is 11.6 Å². The number of rotatable bonds is 4. The number of aryl methyl sites for hydroxylation is 1. The van der Waals surface area contributed by atoms with E-state index >= 15 is 0 Å². The molecular formula is C9H10ClN3S2. The van der Waals surface area contributed by atoms with Gasteiger partial charge in [0.25, 0.3) is 0 Å². The molecule has 2 aromatic heterocycles. The summed E-state index contributed by atoms with van der Waals surface area (Å²) in [5.74, 6) is 0. The Bertz CT molecular complexity index is 438. The van der Waals surface area contributed by atoms with Crippen molar-refractivity contribution in [1.29, 1.82) is 0 Å². The van der Waals surface area contributed by atoms with Gasteiger partial charge in [-0.2, -0.15) is 0 Å². The highest BCUT2D eigenvalue weighted by Gasteiger charge is 2.02. The molecule has 0 aliphatic carbocycles. The number of thiophene rings is 1. The lowest BCUT2D eigenvalue weighted by molar-refractivity contribution is 0.977. The zero-order valence-corrected chi connectivity index (χ0v) is 10.5. The summed E-state index contributed by atoms with van der Waals surface area (Å²) in [6.07, 6.45) is 0.935. The normalized spacial score (nSPS) is 10.5. The Morgan fingerprint density at radius 1 is 1.47 bits per heavy atom. The van der Waals surface area contributed by atoms with E-state index in [9.17, 15) is 0 Å². The molecule has 0 aliphatic heterocycles. The molecule has 3 nitrogen and oxygen atoms in total. The van der Waals surface area contributed by atoms with Crippen molar-refractivity contribution in [1.82, 2.24) is 10.2 Å². The van der Waals surface area contributed by atoms with E-state index in [1.165, 1.54) is 4.88 Å². The molecular weight excluding hydrogens is 250 g/mol. The zero-order valence-electron chi connectivity index (χ0n) is 8.16. The maximum Gasteiger partial charge on any atom is 0.205 e. The third kappa shape index (κ3) is 2.90. The van der Waals surface area contributed by atoms with Crippen LogP contribution in [0.2, 0.25) is 5.02 Å². The van der Waals surface area contributed by atoms with Gasteiger partial charge in [-0.05, 0) is 12.5 Å². The highest BCUT2D eigenvalue weighted by atomic mass is 35.5. The highest BCUT2D eigenvalue weighted by Crippen LogP contribution is 2.21. The van der Waals surface area contributed by atoms with Gasteiger partial charge in [-0.1, -0.05) is 29.9 Å². The summed E-state index contributed by atoms with van der Waals surface area (Å²) in [6, 6.07) is 1.96. The molecule has 0 fully saturated rings. The molecule has 0 aromatic carbocycles. The van der Waals surface area contributed by atoms with Gasteiger partial charge in [0, 0.05) is 10.3 Å². The average Bonchev–Trinajstić information content (AvgIpc) is 2.83. The van der Waals surface area contributed by atoms with Crippen LogP contribution >= 0.6 is 34.3 Å². The minimum absolute atomic E-state index is 0.760. The lowest BCUT2D eigenvalue weighted by atomic mass is 10.5. The minimum Gasteiger partial charge on any atom is -0.355 e. The average molecular weight is 260 g/mol. The molecule has 0 saturated heterocycles. The number of nitrogens with zero attached hydrogens (tertiary/aromatic N) is 2. The summed E-state index contributed by atoms with van der Waals surface area (Å²) >= 11 is 9.07. The predicted octanol–water partition coefficient (Wildman–Crippen LogP) is 3.43. The van der Waals surface area contributed by atoms with Crippen molar-refractivity contribution in [3.63, 3.8) is 0 Å². The topological polar surface area (TPSA) is 37.8 Å². The number of hydrogen-bond donors (Lipinski definition) is 1. The van der Waals surface area contributed by atoms with Crippen LogP contribution in [0.15, 0.2) is 11.4 Å². The summed E-state index contributed by atoms with van der Waals surface area (Å²) in [5, 5.41) is 15.9. The molecule has 0 saturated carbocycles. The lowest BCUT2D eigenvalue weighted by Gasteiger charge is -1.97. The maximum atomic E-state index is 5.83. The number of aromatic nitrogens is 2. The number of halogens is 1. The van der Waals surface area contributed by atoms with Gasteiger partial charge in [-0.25, -0.2) is 0 Å².